The van der Waals surface area contributed by atoms with E-state index in [0.717, 1.165) is 0 Å². The molecule has 0 bridgehead atoms. The van der Waals surface area contributed by atoms with Crippen molar-refractivity contribution in [2.75, 3.05) is 5.75 Å². The van der Waals surface area contributed by atoms with Gasteiger partial charge < -0.3 is 5.32 Å². The fourth-order valence-electron chi connectivity index (χ4n) is 1.87. The van der Waals surface area contributed by atoms with E-state index in [9.17, 15) is 0 Å². The number of aryl methyl sites for hydroxylation is 1. The summed E-state index contributed by atoms with van der Waals surface area (Å²) in [6.45, 7) is 6.58. The van der Waals surface area contributed by atoms with Crippen LogP contribution in [0.3, 0.4) is 0 Å². The molecule has 1 unspecified atom stereocenters. The molecule has 2 heteroatoms. The number of rotatable bonds is 2. The number of thioether (sulfide) groups is 1. The standard InChI is InChI=1S/C12H17NS/c1-8(2)13-11-7-14-12-5-4-9(3)6-10(11)12/h4-6,8,11,13H,7H2,1-3H3. The number of hydrogen-bond donors (Lipinski definition) is 1. The molecule has 0 spiro atoms. The number of benzene rings is 1. The van der Waals surface area contributed by atoms with Gasteiger partial charge in [0.15, 0.2) is 0 Å². The second-order valence-electron chi connectivity index (χ2n) is 4.23. The summed E-state index contributed by atoms with van der Waals surface area (Å²) in [7, 11) is 0. The summed E-state index contributed by atoms with van der Waals surface area (Å²) in [6.07, 6.45) is 0. The maximum absolute atomic E-state index is 3.60. The van der Waals surface area contributed by atoms with E-state index < -0.39 is 0 Å². The monoisotopic (exact) mass is 207 g/mol. The van der Waals surface area contributed by atoms with Gasteiger partial charge in [-0.1, -0.05) is 31.5 Å². The Hall–Kier alpha value is -0.470. The highest BCUT2D eigenvalue weighted by Crippen LogP contribution is 2.38. The van der Waals surface area contributed by atoms with Crippen molar-refractivity contribution >= 4 is 11.8 Å². The minimum absolute atomic E-state index is 0.551. The smallest absolute Gasteiger partial charge is 0.0428 e. The van der Waals surface area contributed by atoms with Gasteiger partial charge in [0, 0.05) is 22.7 Å². The second-order valence-corrected chi connectivity index (χ2v) is 5.29. The molecule has 0 saturated heterocycles. The van der Waals surface area contributed by atoms with Crippen LogP contribution >= 0.6 is 11.8 Å². The Morgan fingerprint density at radius 2 is 2.21 bits per heavy atom. The molecule has 0 saturated carbocycles. The molecule has 0 aliphatic carbocycles. The van der Waals surface area contributed by atoms with Crippen LogP contribution in [0.5, 0.6) is 0 Å². The van der Waals surface area contributed by atoms with Crippen LogP contribution in [0.2, 0.25) is 0 Å². The summed E-state index contributed by atoms with van der Waals surface area (Å²) in [4.78, 5) is 1.45. The summed E-state index contributed by atoms with van der Waals surface area (Å²) in [5, 5.41) is 3.60. The molecule has 1 atom stereocenters. The summed E-state index contributed by atoms with van der Waals surface area (Å²) < 4.78 is 0. The molecule has 1 aromatic rings. The van der Waals surface area contributed by atoms with Gasteiger partial charge >= 0.3 is 0 Å². The van der Waals surface area contributed by atoms with Crippen molar-refractivity contribution in [2.24, 2.45) is 0 Å². The van der Waals surface area contributed by atoms with Gasteiger partial charge in [0.05, 0.1) is 0 Å². The van der Waals surface area contributed by atoms with Crippen molar-refractivity contribution < 1.29 is 0 Å². The minimum atomic E-state index is 0.551. The first-order valence-corrected chi connectivity index (χ1v) is 6.15. The zero-order chi connectivity index (χ0) is 10.1. The van der Waals surface area contributed by atoms with E-state index in [0.29, 0.717) is 12.1 Å². The van der Waals surface area contributed by atoms with Crippen molar-refractivity contribution in [1.82, 2.24) is 5.32 Å². The van der Waals surface area contributed by atoms with E-state index in [1.54, 1.807) is 0 Å². The first-order valence-electron chi connectivity index (χ1n) is 5.16. The number of nitrogens with one attached hydrogen (secondary N) is 1. The molecule has 1 N–H and O–H groups in total. The van der Waals surface area contributed by atoms with Crippen LogP contribution in [0, 0.1) is 6.92 Å². The zero-order valence-corrected chi connectivity index (χ0v) is 9.82. The molecule has 1 aromatic carbocycles. The lowest BCUT2D eigenvalue weighted by Gasteiger charge is -2.16. The van der Waals surface area contributed by atoms with Gasteiger partial charge in [-0.15, -0.1) is 11.8 Å². The number of fused-ring (bicyclic) bond motifs is 1. The maximum atomic E-state index is 3.60. The Labute approximate surface area is 90.3 Å². The Kier molecular flexibility index (Phi) is 2.84. The molecule has 1 aliphatic heterocycles. The highest BCUT2D eigenvalue weighted by molar-refractivity contribution is 7.99. The van der Waals surface area contributed by atoms with E-state index in [-0.39, 0.29) is 0 Å². The van der Waals surface area contributed by atoms with Crippen molar-refractivity contribution in [3.05, 3.63) is 29.3 Å². The van der Waals surface area contributed by atoms with Crippen molar-refractivity contribution in [1.29, 1.82) is 0 Å². The quantitative estimate of drug-likeness (QED) is 0.799. The summed E-state index contributed by atoms with van der Waals surface area (Å²) in [6, 6.07) is 7.87. The van der Waals surface area contributed by atoms with Crippen LogP contribution in [0.1, 0.15) is 31.0 Å². The van der Waals surface area contributed by atoms with Gasteiger partial charge in [0.25, 0.3) is 0 Å². The zero-order valence-electron chi connectivity index (χ0n) is 9.00. The molecule has 1 aliphatic rings. The lowest BCUT2D eigenvalue weighted by molar-refractivity contribution is 0.513. The predicted molar refractivity (Wildman–Crippen MR) is 62.9 cm³/mol. The van der Waals surface area contributed by atoms with Gasteiger partial charge in [0.2, 0.25) is 0 Å². The maximum Gasteiger partial charge on any atom is 0.0428 e. The van der Waals surface area contributed by atoms with Gasteiger partial charge in [-0.3, -0.25) is 0 Å². The van der Waals surface area contributed by atoms with Gasteiger partial charge in [0.1, 0.15) is 0 Å². The SMILES string of the molecule is Cc1ccc2c(c1)C(NC(C)C)CS2. The highest BCUT2D eigenvalue weighted by Gasteiger charge is 2.22. The molecule has 0 aromatic heterocycles. The van der Waals surface area contributed by atoms with Crippen LogP contribution < -0.4 is 5.32 Å². The lowest BCUT2D eigenvalue weighted by Crippen LogP contribution is -2.28. The highest BCUT2D eigenvalue weighted by atomic mass is 32.2. The minimum Gasteiger partial charge on any atom is -0.307 e. The molecule has 1 heterocycles. The van der Waals surface area contributed by atoms with Crippen LogP contribution in [0.15, 0.2) is 23.1 Å². The second kappa shape index (κ2) is 3.95. The third-order valence-electron chi connectivity index (χ3n) is 2.48. The Morgan fingerprint density at radius 1 is 1.43 bits per heavy atom. The topological polar surface area (TPSA) is 12.0 Å². The van der Waals surface area contributed by atoms with Gasteiger partial charge in [-0.05, 0) is 18.6 Å². The normalized spacial score (nSPS) is 20.1. The summed E-state index contributed by atoms with van der Waals surface area (Å²) >= 11 is 1.96. The molecule has 1 nitrogen and oxygen atoms in total. The molecule has 2 rings (SSSR count). The average molecular weight is 207 g/mol. The van der Waals surface area contributed by atoms with Crippen LogP contribution in [0.25, 0.3) is 0 Å². The van der Waals surface area contributed by atoms with E-state index in [4.69, 9.17) is 0 Å². The molecular formula is C12H17NS. The van der Waals surface area contributed by atoms with Crippen molar-refractivity contribution in [3.8, 4) is 0 Å². The summed E-state index contributed by atoms with van der Waals surface area (Å²) in [5.74, 6) is 1.18. The third-order valence-corrected chi connectivity index (χ3v) is 3.66. The fraction of sp³-hybridized carbons (Fsp3) is 0.500. The fourth-order valence-corrected chi connectivity index (χ4v) is 3.03. The lowest BCUT2D eigenvalue weighted by atomic mass is 10.1. The van der Waals surface area contributed by atoms with E-state index in [1.165, 1.54) is 21.8 Å². The molecular weight excluding hydrogens is 190 g/mol. The number of hydrogen-bond acceptors (Lipinski definition) is 2. The predicted octanol–water partition coefficient (Wildman–Crippen LogP) is 3.14. The summed E-state index contributed by atoms with van der Waals surface area (Å²) in [5.41, 5.74) is 2.85. The van der Waals surface area contributed by atoms with Crippen LogP contribution in [-0.2, 0) is 0 Å². The van der Waals surface area contributed by atoms with Gasteiger partial charge in [-0.2, -0.15) is 0 Å². The molecule has 14 heavy (non-hydrogen) atoms. The first-order chi connectivity index (χ1) is 6.66. The largest absolute Gasteiger partial charge is 0.307 e. The Bertz CT molecular complexity index is 333. The first kappa shape index (κ1) is 10.1. The van der Waals surface area contributed by atoms with Crippen LogP contribution in [-0.4, -0.2) is 11.8 Å². The molecule has 0 amide bonds. The van der Waals surface area contributed by atoms with Crippen LogP contribution in [0.4, 0.5) is 0 Å². The van der Waals surface area contributed by atoms with Gasteiger partial charge in [-0.25, -0.2) is 0 Å². The van der Waals surface area contributed by atoms with E-state index in [1.807, 2.05) is 11.8 Å². The van der Waals surface area contributed by atoms with Crippen molar-refractivity contribution in [2.45, 2.75) is 37.8 Å². The third kappa shape index (κ3) is 1.96. The van der Waals surface area contributed by atoms with E-state index in [2.05, 4.69) is 44.3 Å². The Balaban J connectivity index is 2.24. The average Bonchev–Trinajstić information content (AvgIpc) is 2.47. The molecule has 0 fully saturated rings. The van der Waals surface area contributed by atoms with E-state index >= 15 is 0 Å². The van der Waals surface area contributed by atoms with Crippen molar-refractivity contribution in [3.63, 3.8) is 0 Å². The molecule has 76 valence electrons. The Morgan fingerprint density at radius 3 is 2.93 bits per heavy atom. The molecule has 0 radical (unpaired) electrons.